The molecule has 3 rings (SSSR count). The van der Waals surface area contributed by atoms with Gasteiger partial charge in [0.15, 0.2) is 0 Å². The highest BCUT2D eigenvalue weighted by atomic mass is 15.2. The van der Waals surface area contributed by atoms with Crippen molar-refractivity contribution in [2.45, 2.75) is 32.2 Å². The zero-order valence-corrected chi connectivity index (χ0v) is 16.2. The van der Waals surface area contributed by atoms with Crippen LogP contribution < -0.4 is 21.7 Å². The van der Waals surface area contributed by atoms with Gasteiger partial charge in [-0.05, 0) is 68.0 Å². The first kappa shape index (κ1) is 18.9. The Balaban J connectivity index is 1.68. The van der Waals surface area contributed by atoms with Gasteiger partial charge in [0.05, 0.1) is 0 Å². The van der Waals surface area contributed by atoms with E-state index in [9.17, 15) is 0 Å². The molecule has 0 atom stereocenters. The molecule has 1 aromatic heterocycles. The lowest BCUT2D eigenvalue weighted by Gasteiger charge is -2.19. The van der Waals surface area contributed by atoms with Gasteiger partial charge in [0.2, 0.25) is 5.95 Å². The quantitative estimate of drug-likeness (QED) is 0.532. The van der Waals surface area contributed by atoms with Crippen molar-refractivity contribution in [3.05, 3.63) is 66.1 Å². The molecule has 5 N–H and O–H groups in total. The second-order valence-corrected chi connectivity index (χ2v) is 7.47. The molecule has 1 heterocycles. The lowest BCUT2D eigenvalue weighted by atomic mass is 9.96. The first-order valence-electron chi connectivity index (χ1n) is 9.20. The molecule has 0 aliphatic heterocycles. The van der Waals surface area contributed by atoms with Crippen LogP contribution in [-0.4, -0.2) is 17.0 Å². The van der Waals surface area contributed by atoms with Crippen molar-refractivity contribution in [3.8, 4) is 0 Å². The predicted molar refractivity (Wildman–Crippen MR) is 112 cm³/mol. The Morgan fingerprint density at radius 2 is 1.93 bits per heavy atom. The number of benzene rings is 1. The zero-order valence-electron chi connectivity index (χ0n) is 16.2. The molecule has 6 heteroatoms. The second kappa shape index (κ2) is 7.80. The average molecular weight is 364 g/mol. The molecule has 6 nitrogen and oxygen atoms in total. The second-order valence-electron chi connectivity index (χ2n) is 7.47. The van der Waals surface area contributed by atoms with Gasteiger partial charge in [-0.3, -0.25) is 0 Å². The van der Waals surface area contributed by atoms with Crippen LogP contribution in [0.2, 0.25) is 0 Å². The summed E-state index contributed by atoms with van der Waals surface area (Å²) in [4.78, 5) is 8.82. The van der Waals surface area contributed by atoms with Crippen molar-refractivity contribution < 1.29 is 0 Å². The summed E-state index contributed by atoms with van der Waals surface area (Å²) in [6, 6.07) is 9.81. The van der Waals surface area contributed by atoms with Crippen LogP contribution >= 0.6 is 0 Å². The molecule has 2 aromatic rings. The van der Waals surface area contributed by atoms with E-state index in [1.807, 2.05) is 57.3 Å². The first-order valence-corrected chi connectivity index (χ1v) is 9.20. The molecule has 1 aromatic carbocycles. The van der Waals surface area contributed by atoms with E-state index in [-0.39, 0.29) is 5.54 Å². The number of nitrogens with one attached hydrogen (secondary N) is 3. The zero-order chi connectivity index (χ0) is 19.4. The lowest BCUT2D eigenvalue weighted by molar-refractivity contribution is 0.554. The molecule has 0 spiro atoms. The average Bonchev–Trinajstić information content (AvgIpc) is 3.46. The van der Waals surface area contributed by atoms with Crippen LogP contribution in [0.5, 0.6) is 0 Å². The Hall–Kier alpha value is -2.86. The van der Waals surface area contributed by atoms with E-state index in [0.717, 1.165) is 22.6 Å². The maximum absolute atomic E-state index is 6.12. The van der Waals surface area contributed by atoms with Crippen LogP contribution in [0.4, 0.5) is 17.5 Å². The molecule has 0 unspecified atom stereocenters. The molecule has 1 fully saturated rings. The summed E-state index contributed by atoms with van der Waals surface area (Å²) < 4.78 is 0. The third-order valence-electron chi connectivity index (χ3n) is 4.50. The Morgan fingerprint density at radius 1 is 1.22 bits per heavy atom. The van der Waals surface area contributed by atoms with Gasteiger partial charge in [0.25, 0.3) is 0 Å². The summed E-state index contributed by atoms with van der Waals surface area (Å²) in [7, 11) is 1.87. The van der Waals surface area contributed by atoms with Crippen molar-refractivity contribution >= 4 is 17.5 Å². The highest BCUT2D eigenvalue weighted by Gasteiger charge is 2.23. The van der Waals surface area contributed by atoms with Crippen LogP contribution in [0, 0.1) is 5.92 Å². The van der Waals surface area contributed by atoms with Crippen LogP contribution in [0.15, 0.2) is 60.6 Å². The number of anilines is 3. The number of hydrogen-bond acceptors (Lipinski definition) is 6. The lowest BCUT2D eigenvalue weighted by Crippen LogP contribution is -2.28. The summed E-state index contributed by atoms with van der Waals surface area (Å²) in [5, 5.41) is 9.65. The van der Waals surface area contributed by atoms with Gasteiger partial charge >= 0.3 is 0 Å². The summed E-state index contributed by atoms with van der Waals surface area (Å²) in [5.41, 5.74) is 8.89. The van der Waals surface area contributed by atoms with Gasteiger partial charge < -0.3 is 21.7 Å². The molecule has 0 bridgehead atoms. The summed E-state index contributed by atoms with van der Waals surface area (Å²) in [5.74, 6) is 2.72. The van der Waals surface area contributed by atoms with Gasteiger partial charge in [-0.15, -0.1) is 0 Å². The van der Waals surface area contributed by atoms with E-state index in [1.54, 1.807) is 6.20 Å². The minimum absolute atomic E-state index is 0.362. The van der Waals surface area contributed by atoms with E-state index < -0.39 is 0 Å². The van der Waals surface area contributed by atoms with Crippen LogP contribution in [-0.2, 0) is 5.54 Å². The van der Waals surface area contributed by atoms with Crippen molar-refractivity contribution in [2.75, 3.05) is 17.7 Å². The SMILES string of the molecule is C=C(/C=C(\NC)Nc1ccnc(Nc2ccc(C(C)(C)N)cc2)n1)C1CC1. The Morgan fingerprint density at radius 3 is 2.52 bits per heavy atom. The highest BCUT2D eigenvalue weighted by Crippen LogP contribution is 2.36. The summed E-state index contributed by atoms with van der Waals surface area (Å²) in [6.45, 7) is 8.10. The summed E-state index contributed by atoms with van der Waals surface area (Å²) in [6.07, 6.45) is 6.22. The largest absolute Gasteiger partial charge is 0.375 e. The molecule has 1 aliphatic carbocycles. The van der Waals surface area contributed by atoms with Crippen LogP contribution in [0.3, 0.4) is 0 Å². The molecule has 142 valence electrons. The van der Waals surface area contributed by atoms with Gasteiger partial charge in [-0.2, -0.15) is 4.98 Å². The van der Waals surface area contributed by atoms with Gasteiger partial charge in [0.1, 0.15) is 11.6 Å². The minimum atomic E-state index is -0.362. The smallest absolute Gasteiger partial charge is 0.229 e. The number of hydrogen-bond donors (Lipinski definition) is 4. The molecule has 0 radical (unpaired) electrons. The van der Waals surface area contributed by atoms with Crippen molar-refractivity contribution in [2.24, 2.45) is 11.7 Å². The predicted octanol–water partition coefficient (Wildman–Crippen LogP) is 3.85. The van der Waals surface area contributed by atoms with Crippen molar-refractivity contribution in [3.63, 3.8) is 0 Å². The maximum Gasteiger partial charge on any atom is 0.229 e. The Kier molecular flexibility index (Phi) is 5.46. The molecule has 0 saturated heterocycles. The Bertz CT molecular complexity index is 828. The summed E-state index contributed by atoms with van der Waals surface area (Å²) >= 11 is 0. The molecule has 1 aliphatic rings. The minimum Gasteiger partial charge on any atom is -0.375 e. The fraction of sp³-hybridized carbons (Fsp3) is 0.333. The van der Waals surface area contributed by atoms with Crippen molar-refractivity contribution in [1.82, 2.24) is 15.3 Å². The molecular weight excluding hydrogens is 336 g/mol. The van der Waals surface area contributed by atoms with Gasteiger partial charge in [0, 0.05) is 24.5 Å². The molecule has 0 amide bonds. The fourth-order valence-corrected chi connectivity index (χ4v) is 2.67. The van der Waals surface area contributed by atoms with E-state index in [2.05, 4.69) is 32.5 Å². The highest BCUT2D eigenvalue weighted by molar-refractivity contribution is 5.56. The number of nitrogens with two attached hydrogens (primary N) is 1. The molecule has 1 saturated carbocycles. The third kappa shape index (κ3) is 5.31. The Labute approximate surface area is 161 Å². The van der Waals surface area contributed by atoms with E-state index in [1.165, 1.54) is 12.8 Å². The van der Waals surface area contributed by atoms with E-state index >= 15 is 0 Å². The fourth-order valence-electron chi connectivity index (χ4n) is 2.67. The first-order chi connectivity index (χ1) is 12.8. The van der Waals surface area contributed by atoms with E-state index in [4.69, 9.17) is 5.73 Å². The van der Waals surface area contributed by atoms with Gasteiger partial charge in [-0.1, -0.05) is 18.7 Å². The molecular formula is C21H28N6. The normalized spacial score (nSPS) is 14.6. The van der Waals surface area contributed by atoms with Gasteiger partial charge in [-0.25, -0.2) is 4.98 Å². The molecule has 27 heavy (non-hydrogen) atoms. The number of nitrogens with zero attached hydrogens (tertiary/aromatic N) is 2. The number of allylic oxidation sites excluding steroid dienone is 2. The third-order valence-corrected chi connectivity index (χ3v) is 4.50. The van der Waals surface area contributed by atoms with Crippen LogP contribution in [0.25, 0.3) is 0 Å². The topological polar surface area (TPSA) is 87.9 Å². The van der Waals surface area contributed by atoms with Crippen LogP contribution in [0.1, 0.15) is 32.3 Å². The number of rotatable bonds is 8. The number of aromatic nitrogens is 2. The standard InChI is InChI=1S/C21H28N6/c1-14(15-5-6-15)13-19(23-4)26-18-11-12-24-20(27-18)25-17-9-7-16(8-10-17)21(2,3)22/h7-13,15,23H,1,5-6,22H2,2-4H3,(H2,24,25,26,27)/b19-13+. The van der Waals surface area contributed by atoms with Crippen molar-refractivity contribution in [1.29, 1.82) is 0 Å². The maximum atomic E-state index is 6.12. The van der Waals surface area contributed by atoms with E-state index in [0.29, 0.717) is 17.7 Å². The monoisotopic (exact) mass is 364 g/mol.